The highest BCUT2D eigenvalue weighted by molar-refractivity contribution is 5.98. The highest BCUT2D eigenvalue weighted by Gasteiger charge is 2.23. The summed E-state index contributed by atoms with van der Waals surface area (Å²) in [6.45, 7) is 1.77. The summed E-state index contributed by atoms with van der Waals surface area (Å²) >= 11 is 0. The lowest BCUT2D eigenvalue weighted by atomic mass is 9.96. The number of hydrogen-bond donors (Lipinski definition) is 3. The Balaban J connectivity index is 2.27. The summed E-state index contributed by atoms with van der Waals surface area (Å²) in [5.41, 5.74) is 6.63. The van der Waals surface area contributed by atoms with Crippen LogP contribution in [0.1, 0.15) is 25.7 Å². The molecule has 0 amide bonds. The SMILES string of the molecule is NCC(C(=O)O)C(=O)CCCC1=CCNCC1. The Morgan fingerprint density at radius 1 is 1.53 bits per heavy atom. The van der Waals surface area contributed by atoms with Gasteiger partial charge in [-0.05, 0) is 25.8 Å². The molecule has 96 valence electrons. The molecule has 0 aromatic rings. The number of carbonyl (C=O) groups excluding carboxylic acids is 1. The van der Waals surface area contributed by atoms with Crippen LogP contribution in [0.5, 0.6) is 0 Å². The summed E-state index contributed by atoms with van der Waals surface area (Å²) in [4.78, 5) is 22.3. The van der Waals surface area contributed by atoms with E-state index in [1.165, 1.54) is 5.57 Å². The van der Waals surface area contributed by atoms with Gasteiger partial charge in [0.15, 0.2) is 0 Å². The van der Waals surface area contributed by atoms with E-state index in [-0.39, 0.29) is 12.3 Å². The number of aliphatic carboxylic acids is 1. The maximum Gasteiger partial charge on any atom is 0.315 e. The Labute approximate surface area is 101 Å². The van der Waals surface area contributed by atoms with Crippen molar-refractivity contribution in [2.75, 3.05) is 19.6 Å². The smallest absolute Gasteiger partial charge is 0.315 e. The molecule has 0 aromatic carbocycles. The van der Waals surface area contributed by atoms with Gasteiger partial charge < -0.3 is 16.2 Å². The Kier molecular flexibility index (Phi) is 5.86. The first-order valence-corrected chi connectivity index (χ1v) is 5.99. The van der Waals surface area contributed by atoms with Gasteiger partial charge in [-0.15, -0.1) is 0 Å². The molecule has 0 saturated heterocycles. The standard InChI is InChI=1S/C12H20N2O3/c13-8-10(12(16)17)11(15)3-1-2-9-4-6-14-7-5-9/h4,10,14H,1-3,5-8,13H2,(H,16,17). The van der Waals surface area contributed by atoms with Crippen LogP contribution in [-0.2, 0) is 9.59 Å². The number of carboxylic acid groups (broad SMARTS) is 1. The van der Waals surface area contributed by atoms with Crippen molar-refractivity contribution >= 4 is 11.8 Å². The van der Waals surface area contributed by atoms with E-state index in [0.29, 0.717) is 12.8 Å². The lowest BCUT2D eigenvalue weighted by Gasteiger charge is -2.14. The normalized spacial score (nSPS) is 17.4. The van der Waals surface area contributed by atoms with Crippen molar-refractivity contribution in [1.29, 1.82) is 0 Å². The largest absolute Gasteiger partial charge is 0.481 e. The van der Waals surface area contributed by atoms with Gasteiger partial charge in [-0.2, -0.15) is 0 Å². The first kappa shape index (κ1) is 13.9. The highest BCUT2D eigenvalue weighted by Crippen LogP contribution is 2.14. The van der Waals surface area contributed by atoms with Gasteiger partial charge in [0, 0.05) is 19.5 Å². The van der Waals surface area contributed by atoms with Gasteiger partial charge in [0.25, 0.3) is 0 Å². The lowest BCUT2D eigenvalue weighted by molar-refractivity contribution is -0.145. The Morgan fingerprint density at radius 2 is 2.29 bits per heavy atom. The van der Waals surface area contributed by atoms with E-state index in [1.807, 2.05) is 0 Å². The van der Waals surface area contributed by atoms with Gasteiger partial charge in [0.2, 0.25) is 0 Å². The predicted molar refractivity (Wildman–Crippen MR) is 64.6 cm³/mol. The molecule has 0 radical (unpaired) electrons. The summed E-state index contributed by atoms with van der Waals surface area (Å²) in [7, 11) is 0. The van der Waals surface area contributed by atoms with E-state index in [9.17, 15) is 9.59 Å². The minimum absolute atomic E-state index is 0.110. The maximum absolute atomic E-state index is 11.6. The Hall–Kier alpha value is -1.20. The van der Waals surface area contributed by atoms with Crippen molar-refractivity contribution in [3.05, 3.63) is 11.6 Å². The zero-order valence-corrected chi connectivity index (χ0v) is 9.95. The predicted octanol–water partition coefficient (Wildman–Crippen LogP) is 0.305. The molecule has 1 unspecified atom stereocenters. The van der Waals surface area contributed by atoms with Crippen LogP contribution in [0.25, 0.3) is 0 Å². The zero-order valence-electron chi connectivity index (χ0n) is 9.95. The zero-order chi connectivity index (χ0) is 12.7. The van der Waals surface area contributed by atoms with Crippen molar-refractivity contribution < 1.29 is 14.7 Å². The van der Waals surface area contributed by atoms with Crippen LogP contribution < -0.4 is 11.1 Å². The number of rotatable bonds is 7. The van der Waals surface area contributed by atoms with Crippen molar-refractivity contribution in [1.82, 2.24) is 5.32 Å². The molecule has 1 atom stereocenters. The average molecular weight is 240 g/mol. The van der Waals surface area contributed by atoms with Crippen molar-refractivity contribution in [3.63, 3.8) is 0 Å². The van der Waals surface area contributed by atoms with E-state index >= 15 is 0 Å². The van der Waals surface area contributed by atoms with Crippen molar-refractivity contribution in [3.8, 4) is 0 Å². The van der Waals surface area contributed by atoms with Crippen LogP contribution in [0.3, 0.4) is 0 Å². The first-order valence-electron chi connectivity index (χ1n) is 5.99. The van der Waals surface area contributed by atoms with Gasteiger partial charge in [0.05, 0.1) is 0 Å². The summed E-state index contributed by atoms with van der Waals surface area (Å²) < 4.78 is 0. The van der Waals surface area contributed by atoms with E-state index in [4.69, 9.17) is 10.8 Å². The number of nitrogens with one attached hydrogen (secondary N) is 1. The first-order chi connectivity index (χ1) is 8.15. The molecule has 0 aliphatic carbocycles. The van der Waals surface area contributed by atoms with Crippen LogP contribution >= 0.6 is 0 Å². The second-order valence-electron chi connectivity index (χ2n) is 4.26. The molecule has 0 spiro atoms. The quantitative estimate of drug-likeness (QED) is 0.440. The van der Waals surface area contributed by atoms with Gasteiger partial charge in [0.1, 0.15) is 11.7 Å². The summed E-state index contributed by atoms with van der Waals surface area (Å²) in [5.74, 6) is -2.40. The number of carbonyl (C=O) groups is 2. The molecule has 5 nitrogen and oxygen atoms in total. The second-order valence-corrected chi connectivity index (χ2v) is 4.26. The number of hydrogen-bond acceptors (Lipinski definition) is 4. The second kappa shape index (κ2) is 7.19. The highest BCUT2D eigenvalue weighted by atomic mass is 16.4. The fraction of sp³-hybridized carbons (Fsp3) is 0.667. The van der Waals surface area contributed by atoms with E-state index < -0.39 is 11.9 Å². The maximum atomic E-state index is 11.6. The molecule has 1 heterocycles. The summed E-state index contributed by atoms with van der Waals surface area (Å²) in [6.07, 6.45) is 5.07. The molecule has 17 heavy (non-hydrogen) atoms. The number of nitrogens with two attached hydrogens (primary N) is 1. The van der Waals surface area contributed by atoms with Crippen LogP contribution in [-0.4, -0.2) is 36.5 Å². The Morgan fingerprint density at radius 3 is 2.82 bits per heavy atom. The molecule has 0 bridgehead atoms. The summed E-state index contributed by atoms with van der Waals surface area (Å²) in [5, 5.41) is 12.0. The van der Waals surface area contributed by atoms with Gasteiger partial charge in [-0.3, -0.25) is 9.59 Å². The molecular weight excluding hydrogens is 220 g/mol. The van der Waals surface area contributed by atoms with Crippen LogP contribution in [0.15, 0.2) is 11.6 Å². The molecule has 0 saturated carbocycles. The third-order valence-corrected chi connectivity index (χ3v) is 3.00. The molecule has 0 fully saturated rings. The van der Waals surface area contributed by atoms with E-state index in [1.54, 1.807) is 0 Å². The Bertz CT molecular complexity index is 313. The van der Waals surface area contributed by atoms with E-state index in [0.717, 1.165) is 25.9 Å². The summed E-state index contributed by atoms with van der Waals surface area (Å²) in [6, 6.07) is 0. The van der Waals surface area contributed by atoms with Gasteiger partial charge in [-0.25, -0.2) is 0 Å². The molecule has 0 aromatic heterocycles. The van der Waals surface area contributed by atoms with Crippen molar-refractivity contribution in [2.45, 2.75) is 25.7 Å². The number of ketones is 1. The fourth-order valence-electron chi connectivity index (χ4n) is 1.93. The number of carboxylic acids is 1. The van der Waals surface area contributed by atoms with Crippen LogP contribution in [0, 0.1) is 5.92 Å². The fourth-order valence-corrected chi connectivity index (χ4v) is 1.93. The molecule has 1 aliphatic heterocycles. The average Bonchev–Trinajstić information content (AvgIpc) is 2.30. The third kappa shape index (κ3) is 4.66. The topological polar surface area (TPSA) is 92.4 Å². The van der Waals surface area contributed by atoms with Crippen LogP contribution in [0.4, 0.5) is 0 Å². The van der Waals surface area contributed by atoms with E-state index in [2.05, 4.69) is 11.4 Å². The van der Waals surface area contributed by atoms with Gasteiger partial charge in [-0.1, -0.05) is 11.6 Å². The molecule has 4 N–H and O–H groups in total. The van der Waals surface area contributed by atoms with Crippen LogP contribution in [0.2, 0.25) is 0 Å². The molecular formula is C12H20N2O3. The third-order valence-electron chi connectivity index (χ3n) is 3.00. The molecule has 5 heteroatoms. The van der Waals surface area contributed by atoms with Crippen molar-refractivity contribution in [2.24, 2.45) is 11.7 Å². The number of Topliss-reactive ketones (excluding diaryl/α,β-unsaturated/α-hetero) is 1. The monoisotopic (exact) mass is 240 g/mol. The lowest BCUT2D eigenvalue weighted by Crippen LogP contribution is -2.31. The minimum atomic E-state index is -1.11. The van der Waals surface area contributed by atoms with Gasteiger partial charge >= 0.3 is 5.97 Å². The molecule has 1 aliphatic rings. The minimum Gasteiger partial charge on any atom is -0.481 e. The molecule has 1 rings (SSSR count).